The number of thioether (sulfide) groups is 1. The smallest absolute Gasteiger partial charge is 0.262 e. The van der Waals surface area contributed by atoms with Crippen molar-refractivity contribution >= 4 is 28.4 Å². The van der Waals surface area contributed by atoms with Crippen LogP contribution in [0.15, 0.2) is 46.4 Å². The Morgan fingerprint density at radius 1 is 1.32 bits per heavy atom. The predicted octanol–water partition coefficient (Wildman–Crippen LogP) is 3.12. The van der Waals surface area contributed by atoms with Gasteiger partial charge in [0.05, 0.1) is 10.9 Å². The molecule has 0 atom stereocenters. The molecule has 0 bridgehead atoms. The Morgan fingerprint density at radius 3 is 2.82 bits per heavy atom. The maximum Gasteiger partial charge on any atom is 0.262 e. The Labute approximate surface area is 132 Å². The molecule has 0 amide bonds. The van der Waals surface area contributed by atoms with E-state index >= 15 is 0 Å². The zero-order chi connectivity index (χ0) is 15.7. The highest BCUT2D eigenvalue weighted by molar-refractivity contribution is 7.99. The molecule has 2 heterocycles. The number of fused-ring (bicyclic) bond motifs is 3. The highest BCUT2D eigenvalue weighted by atomic mass is 32.2. The molecular weight excluding hydrogens is 296 g/mol. The van der Waals surface area contributed by atoms with Crippen molar-refractivity contribution in [1.29, 1.82) is 0 Å². The lowest BCUT2D eigenvalue weighted by Crippen LogP contribution is -2.23. The Hall–Kier alpha value is -2.08. The summed E-state index contributed by atoms with van der Waals surface area (Å²) in [6, 6.07) is 7.61. The predicted molar refractivity (Wildman–Crippen MR) is 90.6 cm³/mol. The summed E-state index contributed by atoms with van der Waals surface area (Å²) in [5, 5.41) is 10.0. The van der Waals surface area contributed by atoms with E-state index in [2.05, 4.69) is 16.8 Å². The summed E-state index contributed by atoms with van der Waals surface area (Å²) >= 11 is 1.59. The molecule has 22 heavy (non-hydrogen) atoms. The maximum atomic E-state index is 12.7. The lowest BCUT2D eigenvalue weighted by molar-refractivity contribution is 0.662. The van der Waals surface area contributed by atoms with Crippen LogP contribution in [0.1, 0.15) is 20.3 Å². The van der Waals surface area contributed by atoms with E-state index in [1.807, 2.05) is 42.5 Å². The van der Waals surface area contributed by atoms with Gasteiger partial charge in [0, 0.05) is 12.3 Å². The lowest BCUT2D eigenvalue weighted by atomic mass is 10.2. The van der Waals surface area contributed by atoms with Gasteiger partial charge < -0.3 is 0 Å². The molecule has 0 saturated carbocycles. The third-order valence-electron chi connectivity index (χ3n) is 3.37. The number of aryl methyl sites for hydroxylation is 1. The van der Waals surface area contributed by atoms with Crippen molar-refractivity contribution in [3.05, 3.63) is 46.8 Å². The molecule has 1 aromatic carbocycles. The van der Waals surface area contributed by atoms with Crippen molar-refractivity contribution < 1.29 is 0 Å². The molecule has 114 valence electrons. The van der Waals surface area contributed by atoms with E-state index in [0.717, 1.165) is 28.4 Å². The van der Waals surface area contributed by atoms with Gasteiger partial charge in [0.1, 0.15) is 0 Å². The minimum Gasteiger partial charge on any atom is -0.276 e. The fraction of sp³-hybridized carbons (Fsp3) is 0.312. The third-order valence-corrected chi connectivity index (χ3v) is 4.53. The van der Waals surface area contributed by atoms with Gasteiger partial charge in [0.2, 0.25) is 5.78 Å². The molecule has 6 heteroatoms. The number of benzene rings is 1. The molecule has 5 nitrogen and oxygen atoms in total. The molecular formula is C16H18N4OS. The third kappa shape index (κ3) is 2.43. The van der Waals surface area contributed by atoms with E-state index in [-0.39, 0.29) is 5.56 Å². The summed E-state index contributed by atoms with van der Waals surface area (Å²) in [6.45, 7) is 8.59. The van der Waals surface area contributed by atoms with Crippen molar-refractivity contribution in [2.24, 2.45) is 0 Å². The summed E-state index contributed by atoms with van der Waals surface area (Å²) in [7, 11) is 0. The number of para-hydroxylation sites is 1. The number of hydrogen-bond acceptors (Lipinski definition) is 4. The van der Waals surface area contributed by atoms with Crippen LogP contribution in [0.4, 0.5) is 0 Å². The molecule has 0 aliphatic rings. The Balaban J connectivity index is 2.33. The fourth-order valence-electron chi connectivity index (χ4n) is 2.44. The van der Waals surface area contributed by atoms with Crippen LogP contribution in [0.5, 0.6) is 0 Å². The first-order valence-electron chi connectivity index (χ1n) is 7.27. The summed E-state index contributed by atoms with van der Waals surface area (Å²) in [5.41, 5.74) is 1.92. The molecule has 0 spiro atoms. The summed E-state index contributed by atoms with van der Waals surface area (Å²) < 4.78 is 3.68. The second kappa shape index (κ2) is 5.96. The molecule has 2 aromatic heterocycles. The maximum absolute atomic E-state index is 12.7. The van der Waals surface area contributed by atoms with Gasteiger partial charge in [-0.3, -0.25) is 13.8 Å². The summed E-state index contributed by atoms with van der Waals surface area (Å²) in [5.74, 6) is 1.39. The fourth-order valence-corrected chi connectivity index (χ4v) is 3.22. The Kier molecular flexibility index (Phi) is 4.02. The van der Waals surface area contributed by atoms with Crippen LogP contribution in [0.2, 0.25) is 0 Å². The zero-order valence-corrected chi connectivity index (χ0v) is 13.6. The van der Waals surface area contributed by atoms with Crippen LogP contribution in [-0.2, 0) is 6.54 Å². The minimum atomic E-state index is -0.00574. The van der Waals surface area contributed by atoms with Crippen molar-refractivity contribution in [3.8, 4) is 0 Å². The lowest BCUT2D eigenvalue weighted by Gasteiger charge is -2.10. The van der Waals surface area contributed by atoms with Crippen LogP contribution in [-0.4, -0.2) is 24.9 Å². The molecule has 0 N–H and O–H groups in total. The van der Waals surface area contributed by atoms with Crippen LogP contribution in [0, 0.1) is 0 Å². The number of rotatable bonds is 5. The van der Waals surface area contributed by atoms with Gasteiger partial charge in [-0.05, 0) is 25.5 Å². The topological polar surface area (TPSA) is 52.2 Å². The van der Waals surface area contributed by atoms with Gasteiger partial charge in [-0.2, -0.15) is 0 Å². The molecule has 0 aliphatic carbocycles. The summed E-state index contributed by atoms with van der Waals surface area (Å²) in [4.78, 5) is 12.7. The highest BCUT2D eigenvalue weighted by Crippen LogP contribution is 2.22. The normalized spacial score (nSPS) is 11.4. The van der Waals surface area contributed by atoms with Gasteiger partial charge in [0.25, 0.3) is 5.56 Å². The number of aromatic nitrogens is 4. The van der Waals surface area contributed by atoms with Crippen LogP contribution < -0.4 is 5.56 Å². The SMILES string of the molecule is C=C(C)CSc1nnc2n(CCC)c(=O)c3ccccc3n12. The Bertz CT molecular complexity index is 910. The second-order valence-electron chi connectivity index (χ2n) is 5.34. The molecule has 0 saturated heterocycles. The van der Waals surface area contributed by atoms with Crippen molar-refractivity contribution in [3.63, 3.8) is 0 Å². The average molecular weight is 314 g/mol. The monoisotopic (exact) mass is 314 g/mol. The summed E-state index contributed by atoms with van der Waals surface area (Å²) in [6.07, 6.45) is 0.870. The number of hydrogen-bond donors (Lipinski definition) is 0. The molecule has 0 aliphatic heterocycles. The van der Waals surface area contributed by atoms with Crippen LogP contribution >= 0.6 is 11.8 Å². The van der Waals surface area contributed by atoms with Gasteiger partial charge in [-0.1, -0.05) is 43.0 Å². The van der Waals surface area contributed by atoms with Crippen molar-refractivity contribution in [2.75, 3.05) is 5.75 Å². The Morgan fingerprint density at radius 2 is 2.09 bits per heavy atom. The van der Waals surface area contributed by atoms with Crippen molar-refractivity contribution in [1.82, 2.24) is 19.2 Å². The van der Waals surface area contributed by atoms with E-state index in [0.29, 0.717) is 17.7 Å². The van der Waals surface area contributed by atoms with E-state index < -0.39 is 0 Å². The highest BCUT2D eigenvalue weighted by Gasteiger charge is 2.16. The van der Waals surface area contributed by atoms with Gasteiger partial charge in [0.15, 0.2) is 5.16 Å². The first kappa shape index (κ1) is 14.8. The second-order valence-corrected chi connectivity index (χ2v) is 6.28. The quantitative estimate of drug-likeness (QED) is 0.536. The van der Waals surface area contributed by atoms with Gasteiger partial charge in [-0.15, -0.1) is 10.2 Å². The van der Waals surface area contributed by atoms with E-state index in [4.69, 9.17) is 0 Å². The van der Waals surface area contributed by atoms with Crippen LogP contribution in [0.3, 0.4) is 0 Å². The van der Waals surface area contributed by atoms with E-state index in [1.165, 1.54) is 0 Å². The standard InChI is InChI=1S/C16H18N4OS/c1-4-9-19-14(21)12-7-5-6-8-13(12)20-15(19)17-18-16(20)22-10-11(2)3/h5-8H,2,4,9-10H2,1,3H3. The molecule has 0 fully saturated rings. The van der Waals surface area contributed by atoms with Crippen molar-refractivity contribution in [2.45, 2.75) is 32.0 Å². The first-order chi connectivity index (χ1) is 10.6. The minimum absolute atomic E-state index is 0.00574. The van der Waals surface area contributed by atoms with Gasteiger partial charge in [-0.25, -0.2) is 0 Å². The molecule has 3 rings (SSSR count). The van der Waals surface area contributed by atoms with E-state index in [1.54, 1.807) is 16.3 Å². The van der Waals surface area contributed by atoms with Gasteiger partial charge >= 0.3 is 0 Å². The zero-order valence-electron chi connectivity index (χ0n) is 12.7. The first-order valence-corrected chi connectivity index (χ1v) is 8.26. The molecule has 3 aromatic rings. The molecule has 0 radical (unpaired) electrons. The van der Waals surface area contributed by atoms with Crippen LogP contribution in [0.25, 0.3) is 16.7 Å². The largest absolute Gasteiger partial charge is 0.276 e. The molecule has 0 unspecified atom stereocenters. The van der Waals surface area contributed by atoms with E-state index in [9.17, 15) is 4.79 Å². The average Bonchev–Trinajstić information content (AvgIpc) is 2.93. The number of nitrogens with zero attached hydrogens (tertiary/aromatic N) is 4.